The summed E-state index contributed by atoms with van der Waals surface area (Å²) in [5.74, 6) is -0.493. The van der Waals surface area contributed by atoms with E-state index < -0.39 is 11.5 Å². The Labute approximate surface area is 170 Å². The van der Waals surface area contributed by atoms with Gasteiger partial charge in [-0.05, 0) is 45.2 Å². The van der Waals surface area contributed by atoms with E-state index >= 15 is 0 Å². The van der Waals surface area contributed by atoms with E-state index in [0.717, 1.165) is 25.1 Å². The van der Waals surface area contributed by atoms with Crippen LogP contribution in [0.5, 0.6) is 0 Å². The SMILES string of the molecule is CN1CCN(C(=O)C(OC(=O)C(C)(C)C)c2ccc(CC(C)(C)C)cc2)CC1. The highest BCUT2D eigenvalue weighted by atomic mass is 16.5. The Morgan fingerprint density at radius 2 is 1.50 bits per heavy atom. The van der Waals surface area contributed by atoms with Gasteiger partial charge in [0, 0.05) is 31.7 Å². The fourth-order valence-corrected chi connectivity index (χ4v) is 3.16. The number of amides is 1. The summed E-state index contributed by atoms with van der Waals surface area (Å²) >= 11 is 0. The number of carbonyl (C=O) groups is 2. The molecule has 0 aliphatic carbocycles. The summed E-state index contributed by atoms with van der Waals surface area (Å²) in [7, 11) is 2.05. The molecule has 5 heteroatoms. The molecule has 1 heterocycles. The number of piperazine rings is 1. The topological polar surface area (TPSA) is 49.9 Å². The largest absolute Gasteiger partial charge is 0.447 e. The molecular formula is C23H36N2O3. The Balaban J connectivity index is 2.24. The number of hydrogen-bond donors (Lipinski definition) is 0. The molecule has 1 unspecified atom stereocenters. The van der Waals surface area contributed by atoms with Crippen LogP contribution in [0.3, 0.4) is 0 Å². The van der Waals surface area contributed by atoms with Crippen LogP contribution in [-0.4, -0.2) is 54.9 Å². The summed E-state index contributed by atoms with van der Waals surface area (Å²) in [6.07, 6.45) is 0.0605. The van der Waals surface area contributed by atoms with Gasteiger partial charge in [-0.1, -0.05) is 45.0 Å². The Bertz CT molecular complexity index is 675. The zero-order valence-corrected chi connectivity index (χ0v) is 18.5. The molecule has 0 bridgehead atoms. The normalized spacial score (nSPS) is 17.3. The van der Waals surface area contributed by atoms with Crippen molar-refractivity contribution in [2.75, 3.05) is 33.2 Å². The fraction of sp³-hybridized carbons (Fsp3) is 0.652. The van der Waals surface area contributed by atoms with Crippen molar-refractivity contribution in [3.05, 3.63) is 35.4 Å². The molecule has 0 aromatic heterocycles. The van der Waals surface area contributed by atoms with E-state index in [-0.39, 0.29) is 17.3 Å². The van der Waals surface area contributed by atoms with Gasteiger partial charge in [0.25, 0.3) is 5.91 Å². The lowest BCUT2D eigenvalue weighted by Gasteiger charge is -2.35. The van der Waals surface area contributed by atoms with E-state index in [1.54, 1.807) is 20.8 Å². The summed E-state index contributed by atoms with van der Waals surface area (Å²) in [6, 6.07) is 7.93. The maximum absolute atomic E-state index is 13.2. The van der Waals surface area contributed by atoms with Gasteiger partial charge >= 0.3 is 5.97 Å². The Hall–Kier alpha value is -1.88. The molecule has 1 amide bonds. The molecule has 2 rings (SSSR count). The minimum absolute atomic E-state index is 0.130. The number of ether oxygens (including phenoxy) is 1. The van der Waals surface area contributed by atoms with Gasteiger partial charge in [0.05, 0.1) is 5.41 Å². The number of benzene rings is 1. The first kappa shape index (κ1) is 22.4. The van der Waals surface area contributed by atoms with E-state index in [4.69, 9.17) is 4.74 Å². The molecule has 1 atom stereocenters. The molecule has 156 valence electrons. The average molecular weight is 389 g/mol. The molecule has 0 radical (unpaired) electrons. The van der Waals surface area contributed by atoms with Gasteiger partial charge in [-0.3, -0.25) is 9.59 Å². The van der Waals surface area contributed by atoms with E-state index in [0.29, 0.717) is 13.1 Å². The number of hydrogen-bond acceptors (Lipinski definition) is 4. The first-order chi connectivity index (χ1) is 12.9. The number of likely N-dealkylation sites (N-methyl/N-ethyl adjacent to an activating group) is 1. The maximum Gasteiger partial charge on any atom is 0.312 e. The summed E-state index contributed by atoms with van der Waals surface area (Å²) < 4.78 is 5.74. The number of esters is 1. The second-order valence-electron chi connectivity index (χ2n) is 10.1. The summed E-state index contributed by atoms with van der Waals surface area (Å²) in [5.41, 5.74) is 1.48. The average Bonchev–Trinajstić information content (AvgIpc) is 2.58. The van der Waals surface area contributed by atoms with Crippen LogP contribution in [0.15, 0.2) is 24.3 Å². The lowest BCUT2D eigenvalue weighted by atomic mass is 9.87. The molecule has 0 N–H and O–H groups in total. The molecule has 1 fully saturated rings. The van der Waals surface area contributed by atoms with Crippen molar-refractivity contribution in [3.63, 3.8) is 0 Å². The Morgan fingerprint density at radius 1 is 0.964 bits per heavy atom. The van der Waals surface area contributed by atoms with Crippen LogP contribution in [0, 0.1) is 10.8 Å². The minimum Gasteiger partial charge on any atom is -0.447 e. The number of carbonyl (C=O) groups excluding carboxylic acids is 2. The van der Waals surface area contributed by atoms with Crippen molar-refractivity contribution in [1.29, 1.82) is 0 Å². The smallest absolute Gasteiger partial charge is 0.312 e. The third kappa shape index (κ3) is 6.33. The van der Waals surface area contributed by atoms with Crippen LogP contribution in [0.25, 0.3) is 0 Å². The zero-order chi connectivity index (χ0) is 21.1. The minimum atomic E-state index is -0.890. The molecule has 1 saturated heterocycles. The van der Waals surface area contributed by atoms with Crippen LogP contribution in [0.1, 0.15) is 58.8 Å². The second kappa shape index (κ2) is 8.64. The van der Waals surface area contributed by atoms with Crippen LogP contribution in [-0.2, 0) is 20.7 Å². The van der Waals surface area contributed by atoms with Gasteiger partial charge in [-0.2, -0.15) is 0 Å². The monoisotopic (exact) mass is 388 g/mol. The molecule has 1 aliphatic heterocycles. The van der Waals surface area contributed by atoms with Crippen molar-refractivity contribution in [1.82, 2.24) is 9.80 Å². The van der Waals surface area contributed by atoms with Crippen molar-refractivity contribution in [2.24, 2.45) is 10.8 Å². The summed E-state index contributed by atoms with van der Waals surface area (Å²) in [6.45, 7) is 15.0. The quantitative estimate of drug-likeness (QED) is 0.739. The predicted molar refractivity (Wildman–Crippen MR) is 112 cm³/mol. The van der Waals surface area contributed by atoms with Crippen molar-refractivity contribution < 1.29 is 14.3 Å². The highest BCUT2D eigenvalue weighted by Gasteiger charge is 2.34. The molecule has 1 aliphatic rings. The highest BCUT2D eigenvalue weighted by Crippen LogP contribution is 2.28. The summed E-state index contributed by atoms with van der Waals surface area (Å²) in [4.78, 5) is 29.8. The standard InChI is InChI=1S/C23H36N2O3/c1-22(2,3)16-17-8-10-18(11-9-17)19(28-21(27)23(4,5)6)20(26)25-14-12-24(7)13-15-25/h8-11,19H,12-16H2,1-7H3. The van der Waals surface area contributed by atoms with Gasteiger partial charge in [-0.15, -0.1) is 0 Å². The Morgan fingerprint density at radius 3 is 1.96 bits per heavy atom. The van der Waals surface area contributed by atoms with Gasteiger partial charge < -0.3 is 14.5 Å². The van der Waals surface area contributed by atoms with E-state index in [1.165, 1.54) is 5.56 Å². The molecule has 0 spiro atoms. The summed E-state index contributed by atoms with van der Waals surface area (Å²) in [5, 5.41) is 0. The highest BCUT2D eigenvalue weighted by molar-refractivity contribution is 5.86. The van der Waals surface area contributed by atoms with Gasteiger partial charge in [0.1, 0.15) is 0 Å². The third-order valence-electron chi connectivity index (χ3n) is 4.89. The van der Waals surface area contributed by atoms with Crippen LogP contribution in [0.4, 0.5) is 0 Å². The third-order valence-corrected chi connectivity index (χ3v) is 4.89. The van der Waals surface area contributed by atoms with E-state index in [1.807, 2.05) is 36.2 Å². The molecule has 1 aromatic rings. The van der Waals surface area contributed by atoms with Gasteiger partial charge in [-0.25, -0.2) is 0 Å². The molecular weight excluding hydrogens is 352 g/mol. The maximum atomic E-state index is 13.2. The molecule has 1 aromatic carbocycles. The van der Waals surface area contributed by atoms with E-state index in [9.17, 15) is 9.59 Å². The predicted octanol–water partition coefficient (Wildman–Crippen LogP) is 3.68. The van der Waals surface area contributed by atoms with Crippen LogP contribution < -0.4 is 0 Å². The first-order valence-corrected chi connectivity index (χ1v) is 10.1. The zero-order valence-electron chi connectivity index (χ0n) is 18.5. The van der Waals surface area contributed by atoms with Crippen molar-refractivity contribution in [3.8, 4) is 0 Å². The lowest BCUT2D eigenvalue weighted by molar-refractivity contribution is -0.168. The van der Waals surface area contributed by atoms with Gasteiger partial charge in [0.15, 0.2) is 0 Å². The van der Waals surface area contributed by atoms with Crippen LogP contribution in [0.2, 0.25) is 0 Å². The van der Waals surface area contributed by atoms with Crippen molar-refractivity contribution >= 4 is 11.9 Å². The first-order valence-electron chi connectivity index (χ1n) is 10.1. The molecule has 28 heavy (non-hydrogen) atoms. The van der Waals surface area contributed by atoms with Crippen molar-refractivity contribution in [2.45, 2.75) is 54.1 Å². The second-order valence-corrected chi connectivity index (χ2v) is 10.1. The lowest BCUT2D eigenvalue weighted by Crippen LogP contribution is -2.49. The molecule has 5 nitrogen and oxygen atoms in total. The van der Waals surface area contributed by atoms with Crippen LogP contribution >= 0.6 is 0 Å². The number of nitrogens with zero attached hydrogens (tertiary/aromatic N) is 2. The van der Waals surface area contributed by atoms with Gasteiger partial charge in [0.2, 0.25) is 6.10 Å². The fourth-order valence-electron chi connectivity index (χ4n) is 3.16. The Kier molecular flexibility index (Phi) is 6.92. The van der Waals surface area contributed by atoms with E-state index in [2.05, 4.69) is 25.7 Å². The molecule has 0 saturated carbocycles. The number of rotatable bonds is 4.